The minimum Gasteiger partial charge on any atom is -0.350 e. The Kier molecular flexibility index (Phi) is 7.38. The number of alkyl halides is 3. The van der Waals surface area contributed by atoms with Crippen LogP contribution in [0.3, 0.4) is 0 Å². The molecule has 1 aromatic rings. The van der Waals surface area contributed by atoms with Crippen LogP contribution in [0.4, 0.5) is 13.2 Å². The van der Waals surface area contributed by atoms with Crippen LogP contribution in [0.2, 0.25) is 0 Å². The lowest BCUT2D eigenvalue weighted by molar-refractivity contribution is -0.137. The van der Waals surface area contributed by atoms with E-state index in [1.165, 1.54) is 6.07 Å². The van der Waals surface area contributed by atoms with Gasteiger partial charge in [0.1, 0.15) is 0 Å². The highest BCUT2D eigenvalue weighted by Crippen LogP contribution is 2.29. The number of hydrogen-bond acceptors (Lipinski definition) is 4. The predicted octanol–water partition coefficient (Wildman–Crippen LogP) is 1.98. The van der Waals surface area contributed by atoms with Gasteiger partial charge < -0.3 is 22.5 Å². The molecule has 2 atom stereocenters. The third kappa shape index (κ3) is 6.02. The lowest BCUT2D eigenvalue weighted by Gasteiger charge is -2.29. The van der Waals surface area contributed by atoms with Gasteiger partial charge in [0.2, 0.25) is 5.91 Å². The Morgan fingerprint density at radius 3 is 2.52 bits per heavy atom. The Balaban J connectivity index is 0.00000312. The summed E-state index contributed by atoms with van der Waals surface area (Å²) in [5, 5.41) is 5.08. The summed E-state index contributed by atoms with van der Waals surface area (Å²) in [6.45, 7) is -0.307. The van der Waals surface area contributed by atoms with Crippen LogP contribution in [0, 0.1) is 0 Å². The maximum Gasteiger partial charge on any atom is 0.416 e. The maximum absolute atomic E-state index is 12.6. The van der Waals surface area contributed by atoms with E-state index in [1.807, 2.05) is 0 Å². The Labute approximate surface area is 143 Å². The molecule has 0 saturated heterocycles. The fraction of sp³-hybridized carbons (Fsp3) is 0.500. The summed E-state index contributed by atoms with van der Waals surface area (Å²) in [6.07, 6.45) is -0.893. The van der Waals surface area contributed by atoms with Gasteiger partial charge in [0, 0.05) is 17.6 Å². The second-order valence-corrected chi connectivity index (χ2v) is 5.88. The fourth-order valence-corrected chi connectivity index (χ4v) is 2.70. The van der Waals surface area contributed by atoms with Crippen molar-refractivity contribution in [3.8, 4) is 0 Å². The van der Waals surface area contributed by atoms with Crippen LogP contribution >= 0.6 is 0 Å². The topological polar surface area (TPSA) is 119 Å². The molecule has 0 aliphatic heterocycles. The zero-order valence-corrected chi connectivity index (χ0v) is 13.7. The Bertz CT molecular complexity index is 607. The van der Waals surface area contributed by atoms with Gasteiger partial charge >= 0.3 is 6.18 Å². The van der Waals surface area contributed by atoms with Crippen LogP contribution in [-0.4, -0.2) is 30.4 Å². The first-order valence-electron chi connectivity index (χ1n) is 7.78. The minimum atomic E-state index is -4.52. The van der Waals surface area contributed by atoms with E-state index >= 15 is 0 Å². The van der Waals surface area contributed by atoms with Crippen molar-refractivity contribution in [1.82, 2.24) is 16.8 Å². The van der Waals surface area contributed by atoms with Crippen molar-refractivity contribution < 1.29 is 22.8 Å². The van der Waals surface area contributed by atoms with Crippen LogP contribution < -0.4 is 22.5 Å². The molecule has 1 aliphatic carbocycles. The second kappa shape index (κ2) is 8.82. The largest absolute Gasteiger partial charge is 0.416 e. The normalized spacial score (nSPS) is 20.3. The third-order valence-electron chi connectivity index (χ3n) is 4.03. The van der Waals surface area contributed by atoms with E-state index in [0.29, 0.717) is 0 Å². The Hall–Kier alpha value is -2.13. The van der Waals surface area contributed by atoms with Gasteiger partial charge in [0.25, 0.3) is 5.91 Å². The number of nitrogens with two attached hydrogens (primary N) is 1. The van der Waals surface area contributed by atoms with Crippen LogP contribution in [0.15, 0.2) is 24.3 Å². The zero-order chi connectivity index (χ0) is 17.7. The molecular formula is C16H23F3N4O2. The Morgan fingerprint density at radius 2 is 1.88 bits per heavy atom. The molecule has 0 bridgehead atoms. The molecule has 25 heavy (non-hydrogen) atoms. The second-order valence-electron chi connectivity index (χ2n) is 5.88. The van der Waals surface area contributed by atoms with Crippen molar-refractivity contribution >= 4 is 11.8 Å². The molecule has 0 unspecified atom stereocenters. The van der Waals surface area contributed by atoms with Gasteiger partial charge in [-0.1, -0.05) is 18.9 Å². The van der Waals surface area contributed by atoms with Crippen molar-refractivity contribution in [2.45, 2.75) is 43.9 Å². The van der Waals surface area contributed by atoms with E-state index in [4.69, 9.17) is 5.73 Å². The lowest BCUT2D eigenvalue weighted by Crippen LogP contribution is -2.51. The van der Waals surface area contributed by atoms with E-state index in [2.05, 4.69) is 10.6 Å². The highest BCUT2D eigenvalue weighted by Gasteiger charge is 2.31. The quantitative estimate of drug-likeness (QED) is 0.656. The molecule has 9 heteroatoms. The number of amides is 2. The molecule has 0 heterocycles. The molecule has 2 amide bonds. The molecule has 7 N–H and O–H groups in total. The highest BCUT2D eigenvalue weighted by atomic mass is 19.4. The number of benzene rings is 1. The summed E-state index contributed by atoms with van der Waals surface area (Å²) < 4.78 is 37.9. The van der Waals surface area contributed by atoms with Gasteiger partial charge in [-0.25, -0.2) is 0 Å². The predicted molar refractivity (Wildman–Crippen MR) is 87.2 cm³/mol. The monoisotopic (exact) mass is 360 g/mol. The van der Waals surface area contributed by atoms with Crippen molar-refractivity contribution in [2.24, 2.45) is 5.73 Å². The number of halogens is 3. The minimum absolute atomic E-state index is 0. The first kappa shape index (κ1) is 20.9. The fourth-order valence-electron chi connectivity index (χ4n) is 2.70. The summed E-state index contributed by atoms with van der Waals surface area (Å²) in [7, 11) is 0. The van der Waals surface area contributed by atoms with Crippen molar-refractivity contribution in [2.75, 3.05) is 6.54 Å². The molecule has 0 aromatic heterocycles. The molecule has 0 radical (unpaired) electrons. The van der Waals surface area contributed by atoms with E-state index in [0.717, 1.165) is 43.9 Å². The summed E-state index contributed by atoms with van der Waals surface area (Å²) >= 11 is 0. The molecular weight excluding hydrogens is 337 g/mol. The van der Waals surface area contributed by atoms with Crippen molar-refractivity contribution in [3.63, 3.8) is 0 Å². The van der Waals surface area contributed by atoms with Gasteiger partial charge in [-0.05, 0) is 31.0 Å². The lowest BCUT2D eigenvalue weighted by atomic mass is 9.91. The SMILES string of the molecule is N.N[C@H]1CCCC[C@@H]1NC(=O)CNC(=O)c1cccc(C(F)(F)F)c1. The third-order valence-corrected chi connectivity index (χ3v) is 4.03. The molecule has 1 saturated carbocycles. The van der Waals surface area contributed by atoms with E-state index < -0.39 is 23.6 Å². The average Bonchev–Trinajstić information content (AvgIpc) is 2.54. The van der Waals surface area contributed by atoms with E-state index in [-0.39, 0.29) is 30.3 Å². The first-order chi connectivity index (χ1) is 11.3. The number of carbonyl (C=O) groups is 2. The first-order valence-corrected chi connectivity index (χ1v) is 7.78. The van der Waals surface area contributed by atoms with Gasteiger partial charge in [-0.2, -0.15) is 13.2 Å². The molecule has 6 nitrogen and oxygen atoms in total. The maximum atomic E-state index is 12.6. The summed E-state index contributed by atoms with van der Waals surface area (Å²) in [6, 6.07) is 3.81. The van der Waals surface area contributed by atoms with E-state index in [9.17, 15) is 22.8 Å². The molecule has 0 spiro atoms. The highest BCUT2D eigenvalue weighted by molar-refractivity contribution is 5.96. The summed E-state index contributed by atoms with van der Waals surface area (Å²) in [5.74, 6) is -1.14. The van der Waals surface area contributed by atoms with Gasteiger partial charge in [-0.3, -0.25) is 9.59 Å². The molecule has 1 fully saturated rings. The summed E-state index contributed by atoms with van der Waals surface area (Å²) in [4.78, 5) is 23.8. The zero-order valence-electron chi connectivity index (χ0n) is 13.7. The molecule has 2 rings (SSSR count). The smallest absolute Gasteiger partial charge is 0.350 e. The van der Waals surface area contributed by atoms with Gasteiger partial charge in [0.05, 0.1) is 12.1 Å². The van der Waals surface area contributed by atoms with Crippen LogP contribution in [0.5, 0.6) is 0 Å². The molecule has 140 valence electrons. The Morgan fingerprint density at radius 1 is 1.20 bits per heavy atom. The molecule has 1 aliphatic rings. The molecule has 1 aromatic carbocycles. The number of nitrogens with one attached hydrogen (secondary N) is 2. The standard InChI is InChI=1S/C16H20F3N3O2.H3N/c17-16(18,19)11-5-3-4-10(8-11)15(24)21-9-14(23)22-13-7-2-1-6-12(13)20;/h3-5,8,12-13H,1-2,6-7,9,20H2,(H,21,24)(H,22,23);1H3/t12-,13-;/m0./s1. The van der Waals surface area contributed by atoms with Crippen molar-refractivity contribution in [3.05, 3.63) is 35.4 Å². The number of carbonyl (C=O) groups excluding carboxylic acids is 2. The van der Waals surface area contributed by atoms with Crippen molar-refractivity contribution in [1.29, 1.82) is 0 Å². The van der Waals surface area contributed by atoms with Crippen LogP contribution in [0.1, 0.15) is 41.6 Å². The van der Waals surface area contributed by atoms with E-state index in [1.54, 1.807) is 0 Å². The van der Waals surface area contributed by atoms with Gasteiger partial charge in [0.15, 0.2) is 0 Å². The summed E-state index contributed by atoms with van der Waals surface area (Å²) in [5.41, 5.74) is 4.87. The average molecular weight is 360 g/mol. The van der Waals surface area contributed by atoms with Crippen LogP contribution in [-0.2, 0) is 11.0 Å². The van der Waals surface area contributed by atoms with Gasteiger partial charge in [-0.15, -0.1) is 0 Å². The van der Waals surface area contributed by atoms with Crippen LogP contribution in [0.25, 0.3) is 0 Å². The number of rotatable bonds is 4. The number of hydrogen-bond donors (Lipinski definition) is 4.